The number of fused-ring (bicyclic) bond motifs is 1. The van der Waals surface area contributed by atoms with Crippen molar-refractivity contribution in [3.63, 3.8) is 0 Å². The molecule has 1 fully saturated rings. The van der Waals surface area contributed by atoms with E-state index in [0.29, 0.717) is 24.9 Å². The molecule has 1 saturated heterocycles. The van der Waals surface area contributed by atoms with E-state index in [-0.39, 0.29) is 11.6 Å². The van der Waals surface area contributed by atoms with Crippen molar-refractivity contribution in [2.75, 3.05) is 18.0 Å². The van der Waals surface area contributed by atoms with E-state index >= 15 is 0 Å². The Hall–Kier alpha value is -2.82. The van der Waals surface area contributed by atoms with Crippen LogP contribution < -0.4 is 10.2 Å². The molecule has 29 heavy (non-hydrogen) atoms. The SMILES string of the molecule is O=C(NCC(F)(F)F)[C@H]1CCCN1c1nc(-c2ccc3ncsc3c2)ncc1F. The summed E-state index contributed by atoms with van der Waals surface area (Å²) in [6.07, 6.45) is -2.65. The number of aromatic nitrogens is 3. The first-order valence-electron chi connectivity index (χ1n) is 8.79. The molecular formula is C18H15F4N5OS. The van der Waals surface area contributed by atoms with Crippen LogP contribution in [-0.4, -0.2) is 46.2 Å². The molecule has 11 heteroatoms. The Bertz CT molecular complexity index is 1050. The lowest BCUT2D eigenvalue weighted by atomic mass is 10.2. The zero-order chi connectivity index (χ0) is 20.6. The van der Waals surface area contributed by atoms with Gasteiger partial charge in [-0.25, -0.2) is 19.3 Å². The molecule has 152 valence electrons. The Balaban J connectivity index is 1.61. The molecule has 6 nitrogen and oxygen atoms in total. The molecule has 1 N–H and O–H groups in total. The number of carbonyl (C=O) groups excluding carboxylic acids is 1. The van der Waals surface area contributed by atoms with Crippen LogP contribution in [0.2, 0.25) is 0 Å². The molecule has 1 aliphatic heterocycles. The first kappa shape index (κ1) is 19.5. The number of anilines is 1. The number of rotatable bonds is 4. The van der Waals surface area contributed by atoms with Crippen molar-refractivity contribution in [1.29, 1.82) is 0 Å². The fraction of sp³-hybridized carbons (Fsp3) is 0.333. The Morgan fingerprint density at radius 2 is 2.14 bits per heavy atom. The van der Waals surface area contributed by atoms with Crippen LogP contribution in [0.4, 0.5) is 23.4 Å². The lowest BCUT2D eigenvalue weighted by molar-refractivity contribution is -0.139. The Morgan fingerprint density at radius 1 is 1.31 bits per heavy atom. The number of alkyl halides is 3. The number of thiazole rings is 1. The van der Waals surface area contributed by atoms with Gasteiger partial charge in [0.2, 0.25) is 5.91 Å². The van der Waals surface area contributed by atoms with Crippen molar-refractivity contribution in [2.45, 2.75) is 25.1 Å². The monoisotopic (exact) mass is 425 g/mol. The highest BCUT2D eigenvalue weighted by atomic mass is 32.1. The Kier molecular flexibility index (Phi) is 5.07. The molecule has 0 saturated carbocycles. The summed E-state index contributed by atoms with van der Waals surface area (Å²) in [6, 6.07) is 4.48. The van der Waals surface area contributed by atoms with Gasteiger partial charge < -0.3 is 10.2 Å². The quantitative estimate of drug-likeness (QED) is 0.648. The van der Waals surface area contributed by atoms with Crippen LogP contribution in [0.3, 0.4) is 0 Å². The number of nitrogens with zero attached hydrogens (tertiary/aromatic N) is 4. The van der Waals surface area contributed by atoms with Gasteiger partial charge in [-0.05, 0) is 31.0 Å². The van der Waals surface area contributed by atoms with Crippen molar-refractivity contribution in [1.82, 2.24) is 20.3 Å². The Labute approximate surface area is 166 Å². The van der Waals surface area contributed by atoms with E-state index in [0.717, 1.165) is 16.4 Å². The number of halogens is 4. The van der Waals surface area contributed by atoms with E-state index in [1.54, 1.807) is 17.6 Å². The van der Waals surface area contributed by atoms with Crippen molar-refractivity contribution in [3.8, 4) is 11.4 Å². The normalized spacial score (nSPS) is 17.1. The number of hydrogen-bond acceptors (Lipinski definition) is 6. The van der Waals surface area contributed by atoms with Gasteiger partial charge in [0.25, 0.3) is 0 Å². The summed E-state index contributed by atoms with van der Waals surface area (Å²) < 4.78 is 52.6. The summed E-state index contributed by atoms with van der Waals surface area (Å²) in [4.78, 5) is 26.1. The van der Waals surface area contributed by atoms with Crippen LogP contribution in [0.15, 0.2) is 29.9 Å². The molecule has 3 aromatic rings. The molecule has 0 unspecified atom stereocenters. The molecule has 2 aromatic heterocycles. The van der Waals surface area contributed by atoms with Gasteiger partial charge >= 0.3 is 6.18 Å². The van der Waals surface area contributed by atoms with Gasteiger partial charge in [-0.15, -0.1) is 11.3 Å². The summed E-state index contributed by atoms with van der Waals surface area (Å²) in [6.45, 7) is -1.12. The first-order valence-corrected chi connectivity index (χ1v) is 9.67. The van der Waals surface area contributed by atoms with E-state index in [1.807, 2.05) is 11.4 Å². The minimum atomic E-state index is -4.51. The van der Waals surface area contributed by atoms with Gasteiger partial charge in [0.15, 0.2) is 17.5 Å². The highest BCUT2D eigenvalue weighted by Gasteiger charge is 2.36. The first-order chi connectivity index (χ1) is 13.8. The minimum absolute atomic E-state index is 0.0935. The third kappa shape index (κ3) is 4.14. The molecular weight excluding hydrogens is 410 g/mol. The van der Waals surface area contributed by atoms with E-state index in [1.165, 1.54) is 16.2 Å². The maximum atomic E-state index is 14.5. The van der Waals surface area contributed by atoms with Crippen LogP contribution in [0, 0.1) is 5.82 Å². The smallest absolute Gasteiger partial charge is 0.345 e. The molecule has 4 rings (SSSR count). The second kappa shape index (κ2) is 7.54. The summed E-state index contributed by atoms with van der Waals surface area (Å²) in [5, 5.41) is 1.87. The molecule has 1 amide bonds. The molecule has 3 heterocycles. The zero-order valence-electron chi connectivity index (χ0n) is 14.9. The van der Waals surface area contributed by atoms with Crippen molar-refractivity contribution < 1.29 is 22.4 Å². The third-order valence-electron chi connectivity index (χ3n) is 4.61. The second-order valence-corrected chi connectivity index (χ2v) is 7.47. The van der Waals surface area contributed by atoms with Crippen molar-refractivity contribution in [2.24, 2.45) is 0 Å². The molecule has 1 atom stereocenters. The van der Waals surface area contributed by atoms with Crippen LogP contribution in [0.1, 0.15) is 12.8 Å². The van der Waals surface area contributed by atoms with E-state index < -0.39 is 30.5 Å². The van der Waals surface area contributed by atoms with Gasteiger partial charge in [-0.3, -0.25) is 4.79 Å². The molecule has 0 spiro atoms. The highest BCUT2D eigenvalue weighted by molar-refractivity contribution is 7.16. The summed E-state index contributed by atoms with van der Waals surface area (Å²) in [5.41, 5.74) is 3.18. The highest BCUT2D eigenvalue weighted by Crippen LogP contribution is 2.30. The van der Waals surface area contributed by atoms with Gasteiger partial charge in [0, 0.05) is 12.1 Å². The molecule has 1 aromatic carbocycles. The van der Waals surface area contributed by atoms with Crippen molar-refractivity contribution in [3.05, 3.63) is 35.7 Å². The van der Waals surface area contributed by atoms with Crippen LogP contribution in [0.5, 0.6) is 0 Å². The average molecular weight is 425 g/mol. The third-order valence-corrected chi connectivity index (χ3v) is 5.40. The van der Waals surface area contributed by atoms with Crippen LogP contribution in [-0.2, 0) is 4.79 Å². The Morgan fingerprint density at radius 3 is 2.93 bits per heavy atom. The predicted molar refractivity (Wildman–Crippen MR) is 100 cm³/mol. The number of benzene rings is 1. The van der Waals surface area contributed by atoms with Crippen molar-refractivity contribution >= 4 is 33.3 Å². The fourth-order valence-corrected chi connectivity index (χ4v) is 4.01. The number of carbonyl (C=O) groups is 1. The maximum Gasteiger partial charge on any atom is 0.405 e. The molecule has 1 aliphatic rings. The van der Waals surface area contributed by atoms with Crippen LogP contribution >= 0.6 is 11.3 Å². The zero-order valence-corrected chi connectivity index (χ0v) is 15.7. The van der Waals surface area contributed by atoms with E-state index in [9.17, 15) is 22.4 Å². The minimum Gasteiger partial charge on any atom is -0.345 e. The summed E-state index contributed by atoms with van der Waals surface area (Å²) in [5.74, 6) is -1.37. The molecule has 0 aliphatic carbocycles. The molecule has 0 radical (unpaired) electrons. The predicted octanol–water partition coefficient (Wildman–Crippen LogP) is 3.54. The summed E-state index contributed by atoms with van der Waals surface area (Å²) in [7, 11) is 0. The second-order valence-electron chi connectivity index (χ2n) is 6.58. The van der Waals surface area contributed by atoms with Gasteiger partial charge in [-0.1, -0.05) is 0 Å². The number of amides is 1. The lowest BCUT2D eigenvalue weighted by Crippen LogP contribution is -2.46. The van der Waals surface area contributed by atoms with E-state index in [4.69, 9.17) is 0 Å². The lowest BCUT2D eigenvalue weighted by Gasteiger charge is -2.25. The van der Waals surface area contributed by atoms with Gasteiger partial charge in [0.05, 0.1) is 21.9 Å². The molecule has 0 bridgehead atoms. The topological polar surface area (TPSA) is 71.0 Å². The number of nitrogens with one attached hydrogen (secondary N) is 1. The fourth-order valence-electron chi connectivity index (χ4n) is 3.29. The van der Waals surface area contributed by atoms with E-state index in [2.05, 4.69) is 15.0 Å². The van der Waals surface area contributed by atoms with Gasteiger partial charge in [0.1, 0.15) is 12.6 Å². The summed E-state index contributed by atoms with van der Waals surface area (Å²) >= 11 is 1.44. The van der Waals surface area contributed by atoms with Crippen LogP contribution in [0.25, 0.3) is 21.6 Å². The standard InChI is InChI=1S/C18H15F4N5OS/c19-11-7-23-15(10-3-4-12-14(6-10)29-9-25-12)26-16(11)27-5-1-2-13(27)17(28)24-8-18(20,21)22/h3-4,6-7,9,13H,1-2,5,8H2,(H,24,28)/t13-/m1/s1. The average Bonchev–Trinajstić information content (AvgIpc) is 3.34. The largest absolute Gasteiger partial charge is 0.405 e. The number of hydrogen-bond donors (Lipinski definition) is 1. The van der Waals surface area contributed by atoms with Gasteiger partial charge in [-0.2, -0.15) is 13.2 Å². The maximum absolute atomic E-state index is 14.5.